The van der Waals surface area contributed by atoms with Gasteiger partial charge < -0.3 is 33.2 Å². The molecule has 0 unspecified atom stereocenters. The molecule has 0 atom stereocenters. The minimum absolute atomic E-state index is 0.0856. The van der Waals surface area contributed by atoms with E-state index in [4.69, 9.17) is 46.1 Å². The van der Waals surface area contributed by atoms with Crippen molar-refractivity contribution in [2.75, 3.05) is 44.6 Å². The van der Waals surface area contributed by atoms with E-state index >= 15 is 0 Å². The standard InChI is InChI=1S/C22H29Cl2N11/c23-15-1-5-17(6-2-15)30-20(26)32-19(25)29-9-10-34-11-13-35(14-12-34)22(28)33-21(27)31-18-7-3-16(24)4-8-18/h1-8H,9-14H2,(H4,27,28,31,33)(H5,25,26,29,30,32). The molecule has 0 amide bonds. The Hall–Kier alpha value is -3.54. The van der Waals surface area contributed by atoms with E-state index in [0.29, 0.717) is 41.3 Å². The molecule has 2 aromatic carbocycles. The maximum Gasteiger partial charge on any atom is 0.223 e. The fraction of sp³-hybridized carbons (Fsp3) is 0.273. The lowest BCUT2D eigenvalue weighted by molar-refractivity contribution is 0.185. The largest absolute Gasteiger partial charge is 0.369 e. The summed E-state index contributed by atoms with van der Waals surface area (Å²) < 4.78 is 0. The maximum atomic E-state index is 6.12. The third-order valence-corrected chi connectivity index (χ3v) is 5.54. The van der Waals surface area contributed by atoms with Gasteiger partial charge in [0.2, 0.25) is 17.9 Å². The van der Waals surface area contributed by atoms with E-state index < -0.39 is 0 Å². The number of hydrogen-bond acceptors (Lipinski definition) is 3. The van der Waals surface area contributed by atoms with Gasteiger partial charge in [-0.1, -0.05) is 23.2 Å². The first kappa shape index (κ1) is 26.1. The number of piperazine rings is 1. The van der Waals surface area contributed by atoms with E-state index in [9.17, 15) is 0 Å². The molecule has 1 aliphatic rings. The first-order valence-corrected chi connectivity index (χ1v) is 11.6. The number of anilines is 1. The fourth-order valence-electron chi connectivity index (χ4n) is 3.24. The summed E-state index contributed by atoms with van der Waals surface area (Å²) in [6.45, 7) is 4.23. The number of rotatable bonds is 5. The number of nitrogens with zero attached hydrogens (tertiary/aromatic N) is 6. The molecule has 0 spiro atoms. The van der Waals surface area contributed by atoms with Crippen LogP contribution in [-0.4, -0.2) is 72.9 Å². The third kappa shape index (κ3) is 8.96. The highest BCUT2D eigenvalue weighted by Gasteiger charge is 2.18. The molecule has 35 heavy (non-hydrogen) atoms. The quantitative estimate of drug-likeness (QED) is 0.295. The molecule has 1 saturated heterocycles. The van der Waals surface area contributed by atoms with E-state index in [1.165, 1.54) is 0 Å². The zero-order chi connectivity index (χ0) is 25.2. The van der Waals surface area contributed by atoms with Gasteiger partial charge in [-0.05, 0) is 48.5 Å². The molecule has 0 radical (unpaired) electrons. The Morgan fingerprint density at radius 3 is 2.03 bits per heavy atom. The fourth-order valence-corrected chi connectivity index (χ4v) is 3.49. The van der Waals surface area contributed by atoms with Crippen LogP contribution in [0.1, 0.15) is 0 Å². The van der Waals surface area contributed by atoms with Crippen molar-refractivity contribution in [3.05, 3.63) is 58.6 Å². The number of nitrogens with two attached hydrogens (primary N) is 4. The highest BCUT2D eigenvalue weighted by atomic mass is 35.5. The molecule has 0 aliphatic carbocycles. The topological polar surface area (TPSA) is 172 Å². The second-order valence-corrected chi connectivity index (χ2v) is 8.49. The van der Waals surface area contributed by atoms with Crippen LogP contribution >= 0.6 is 23.2 Å². The van der Waals surface area contributed by atoms with E-state index in [1.54, 1.807) is 48.5 Å². The summed E-state index contributed by atoms with van der Waals surface area (Å²) in [6, 6.07) is 14.0. The van der Waals surface area contributed by atoms with E-state index in [0.717, 1.165) is 25.3 Å². The maximum absolute atomic E-state index is 6.12. The number of benzene rings is 2. The van der Waals surface area contributed by atoms with Gasteiger partial charge in [0.25, 0.3) is 0 Å². The minimum atomic E-state index is 0.0856. The zero-order valence-electron chi connectivity index (χ0n) is 19.1. The van der Waals surface area contributed by atoms with Crippen molar-refractivity contribution in [2.24, 2.45) is 42.9 Å². The molecular weight excluding hydrogens is 489 g/mol. The third-order valence-electron chi connectivity index (χ3n) is 5.04. The molecule has 1 fully saturated rings. The first-order valence-electron chi connectivity index (χ1n) is 10.9. The summed E-state index contributed by atoms with van der Waals surface area (Å²) in [4.78, 5) is 21.0. The molecule has 1 heterocycles. The lowest BCUT2D eigenvalue weighted by Crippen LogP contribution is -2.51. The molecule has 0 saturated carbocycles. The number of hydrogen-bond donors (Lipinski definition) is 5. The van der Waals surface area contributed by atoms with Crippen LogP contribution in [0.15, 0.2) is 68.5 Å². The van der Waals surface area contributed by atoms with Crippen molar-refractivity contribution >= 4 is 58.4 Å². The Kier molecular flexibility index (Phi) is 9.53. The molecule has 186 valence electrons. The second kappa shape index (κ2) is 12.8. The van der Waals surface area contributed by atoms with Crippen LogP contribution in [0.5, 0.6) is 0 Å². The van der Waals surface area contributed by atoms with Crippen molar-refractivity contribution in [1.82, 2.24) is 9.80 Å². The van der Waals surface area contributed by atoms with Gasteiger partial charge in [0.15, 0.2) is 5.96 Å². The smallest absolute Gasteiger partial charge is 0.223 e. The summed E-state index contributed by atoms with van der Waals surface area (Å²) in [6.07, 6.45) is 0. The van der Waals surface area contributed by atoms with E-state index in [2.05, 4.69) is 30.2 Å². The Bertz CT molecular complexity index is 1090. The van der Waals surface area contributed by atoms with Gasteiger partial charge in [0.1, 0.15) is 0 Å². The van der Waals surface area contributed by atoms with Gasteiger partial charge in [0, 0.05) is 48.5 Å². The second-order valence-electron chi connectivity index (χ2n) is 7.61. The molecule has 0 aromatic heterocycles. The van der Waals surface area contributed by atoms with Gasteiger partial charge in [-0.2, -0.15) is 9.98 Å². The number of halogens is 2. The molecule has 13 heteroatoms. The van der Waals surface area contributed by atoms with Crippen molar-refractivity contribution in [3.8, 4) is 0 Å². The summed E-state index contributed by atoms with van der Waals surface area (Å²) in [5, 5.41) is 4.19. The lowest BCUT2D eigenvalue weighted by atomic mass is 10.3. The van der Waals surface area contributed by atoms with Crippen LogP contribution in [0.25, 0.3) is 0 Å². The minimum Gasteiger partial charge on any atom is -0.369 e. The van der Waals surface area contributed by atoms with E-state index in [1.807, 2.05) is 4.90 Å². The summed E-state index contributed by atoms with van der Waals surface area (Å²) in [5.74, 6) is 0.674. The van der Waals surface area contributed by atoms with Gasteiger partial charge in [-0.3, -0.25) is 9.89 Å². The molecule has 3 rings (SSSR count). The number of guanidine groups is 4. The van der Waals surface area contributed by atoms with Gasteiger partial charge >= 0.3 is 0 Å². The highest BCUT2D eigenvalue weighted by molar-refractivity contribution is 6.30. The van der Waals surface area contributed by atoms with Crippen molar-refractivity contribution in [3.63, 3.8) is 0 Å². The molecule has 9 N–H and O–H groups in total. The van der Waals surface area contributed by atoms with E-state index in [-0.39, 0.29) is 17.9 Å². The Morgan fingerprint density at radius 1 is 0.800 bits per heavy atom. The molecule has 2 aromatic rings. The average molecular weight is 518 g/mol. The van der Waals surface area contributed by atoms with Crippen LogP contribution in [0.4, 0.5) is 11.4 Å². The van der Waals surface area contributed by atoms with Gasteiger partial charge in [-0.25, -0.2) is 4.99 Å². The van der Waals surface area contributed by atoms with Crippen LogP contribution < -0.4 is 28.3 Å². The zero-order valence-corrected chi connectivity index (χ0v) is 20.6. The molecular formula is C22H29Cl2N11. The van der Waals surface area contributed by atoms with Crippen molar-refractivity contribution < 1.29 is 0 Å². The Balaban J connectivity index is 1.42. The predicted molar refractivity (Wildman–Crippen MR) is 146 cm³/mol. The summed E-state index contributed by atoms with van der Waals surface area (Å²) >= 11 is 11.7. The monoisotopic (exact) mass is 517 g/mol. The molecule has 1 aliphatic heterocycles. The van der Waals surface area contributed by atoms with Gasteiger partial charge in [0.05, 0.1) is 12.2 Å². The Morgan fingerprint density at radius 2 is 1.40 bits per heavy atom. The highest BCUT2D eigenvalue weighted by Crippen LogP contribution is 2.16. The normalized spacial score (nSPS) is 16.5. The van der Waals surface area contributed by atoms with Crippen LogP contribution in [0.3, 0.4) is 0 Å². The van der Waals surface area contributed by atoms with Crippen LogP contribution in [0, 0.1) is 0 Å². The first-order chi connectivity index (χ1) is 16.8. The molecule has 11 nitrogen and oxygen atoms in total. The summed E-state index contributed by atoms with van der Waals surface area (Å²) in [5.41, 5.74) is 25.2. The number of nitrogens with one attached hydrogen (secondary N) is 1. The van der Waals surface area contributed by atoms with Crippen LogP contribution in [0.2, 0.25) is 10.0 Å². The Labute approximate surface area is 214 Å². The lowest BCUT2D eigenvalue weighted by Gasteiger charge is -2.34. The van der Waals surface area contributed by atoms with Crippen molar-refractivity contribution in [2.45, 2.75) is 0 Å². The average Bonchev–Trinajstić information content (AvgIpc) is 2.82. The summed E-state index contributed by atoms with van der Waals surface area (Å²) in [7, 11) is 0. The van der Waals surface area contributed by atoms with Gasteiger partial charge in [-0.15, -0.1) is 0 Å². The predicted octanol–water partition coefficient (Wildman–Crippen LogP) is 1.61. The molecule has 0 bridgehead atoms. The SMILES string of the molecule is NC(=NCCN1CCN(/C(N)=N/C(N)=Nc2ccc(Cl)cc2)CC1)/N=C(\N)Nc1ccc(Cl)cc1. The van der Waals surface area contributed by atoms with Crippen LogP contribution in [-0.2, 0) is 0 Å². The van der Waals surface area contributed by atoms with Crippen molar-refractivity contribution in [1.29, 1.82) is 0 Å². The number of aliphatic imine (C=N–C) groups is 4.